The van der Waals surface area contributed by atoms with Crippen molar-refractivity contribution >= 4 is 17.9 Å². The summed E-state index contributed by atoms with van der Waals surface area (Å²) in [6, 6.07) is 0. The topological polar surface area (TPSA) is 78.9 Å². The molecule has 0 aliphatic heterocycles. The van der Waals surface area contributed by atoms with E-state index in [1.165, 1.54) is 360 Å². The normalized spacial score (nSPS) is 11.9. The summed E-state index contributed by atoms with van der Waals surface area (Å²) in [5.74, 6) is -0.822. The number of carbonyl (C=O) groups excluding carboxylic acids is 3. The second-order valence-electron chi connectivity index (χ2n) is 26.6. The van der Waals surface area contributed by atoms with Gasteiger partial charge in [0.1, 0.15) is 13.2 Å². The second-order valence-corrected chi connectivity index (χ2v) is 26.6. The SMILES string of the molecule is CCCCCCCCCCCCCCCCCCCCCCCCCCCCCCCCCCCCC(=O)OCC(COC(=O)CCCCCCCCCCCC)OC(=O)CCCCCCCCCCCCCCCCCCCCCCC. The molecule has 0 radical (unpaired) electrons. The van der Waals surface area contributed by atoms with Crippen molar-refractivity contribution < 1.29 is 28.6 Å². The summed E-state index contributed by atoms with van der Waals surface area (Å²) in [4.78, 5) is 38.4. The van der Waals surface area contributed by atoms with Crippen molar-refractivity contribution in [3.8, 4) is 0 Å². The van der Waals surface area contributed by atoms with Crippen LogP contribution < -0.4 is 0 Å². The van der Waals surface area contributed by atoms with Crippen LogP contribution in [0.4, 0.5) is 0 Å². The molecule has 0 aromatic rings. The summed E-state index contributed by atoms with van der Waals surface area (Å²) in [5, 5.41) is 0. The third kappa shape index (κ3) is 71.1. The minimum absolute atomic E-state index is 0.0604. The Morgan fingerprint density at radius 3 is 0.482 bits per heavy atom. The van der Waals surface area contributed by atoms with Crippen molar-refractivity contribution in [1.29, 1.82) is 0 Å². The average Bonchev–Trinajstić information content (AvgIpc) is 3.48. The van der Waals surface area contributed by atoms with Crippen molar-refractivity contribution in [3.05, 3.63) is 0 Å². The molecular formula is C77H150O6. The van der Waals surface area contributed by atoms with Crippen LogP contribution in [0.1, 0.15) is 457 Å². The average molecular weight is 1170 g/mol. The number of hydrogen-bond donors (Lipinski definition) is 0. The molecule has 0 heterocycles. The fraction of sp³-hybridized carbons (Fsp3) is 0.961. The molecular weight excluding hydrogens is 1020 g/mol. The maximum Gasteiger partial charge on any atom is 0.306 e. The zero-order chi connectivity index (χ0) is 59.9. The summed E-state index contributed by atoms with van der Waals surface area (Å²) in [7, 11) is 0. The van der Waals surface area contributed by atoms with Crippen molar-refractivity contribution in [1.82, 2.24) is 0 Å². The van der Waals surface area contributed by atoms with Crippen molar-refractivity contribution in [3.63, 3.8) is 0 Å². The molecule has 0 spiro atoms. The predicted octanol–water partition coefficient (Wildman–Crippen LogP) is 26.6. The molecule has 6 heteroatoms. The first-order valence-corrected chi connectivity index (χ1v) is 38.5. The molecule has 0 saturated carbocycles. The first-order chi connectivity index (χ1) is 41.0. The maximum absolute atomic E-state index is 12.9. The third-order valence-electron chi connectivity index (χ3n) is 18.1. The van der Waals surface area contributed by atoms with Gasteiger partial charge in [0.15, 0.2) is 6.10 Å². The lowest BCUT2D eigenvalue weighted by Crippen LogP contribution is -2.30. The largest absolute Gasteiger partial charge is 0.462 e. The highest BCUT2D eigenvalue weighted by molar-refractivity contribution is 5.71. The molecule has 0 bridgehead atoms. The first kappa shape index (κ1) is 81.4. The van der Waals surface area contributed by atoms with Crippen LogP contribution in [-0.2, 0) is 28.6 Å². The molecule has 1 unspecified atom stereocenters. The van der Waals surface area contributed by atoms with E-state index in [0.717, 1.165) is 57.8 Å². The van der Waals surface area contributed by atoms with Crippen LogP contribution in [0.3, 0.4) is 0 Å². The van der Waals surface area contributed by atoms with E-state index in [9.17, 15) is 14.4 Å². The summed E-state index contributed by atoms with van der Waals surface area (Å²) in [5.41, 5.74) is 0. The fourth-order valence-electron chi connectivity index (χ4n) is 12.3. The van der Waals surface area contributed by atoms with Gasteiger partial charge < -0.3 is 14.2 Å². The first-order valence-electron chi connectivity index (χ1n) is 38.5. The Bertz CT molecular complexity index is 1250. The molecule has 6 nitrogen and oxygen atoms in total. The number of carbonyl (C=O) groups is 3. The van der Waals surface area contributed by atoms with Crippen molar-refractivity contribution in [2.75, 3.05) is 13.2 Å². The minimum atomic E-state index is -0.763. The third-order valence-corrected chi connectivity index (χ3v) is 18.1. The van der Waals surface area contributed by atoms with Crippen LogP contribution in [0.15, 0.2) is 0 Å². The lowest BCUT2D eigenvalue weighted by molar-refractivity contribution is -0.167. The lowest BCUT2D eigenvalue weighted by Gasteiger charge is -2.18. The van der Waals surface area contributed by atoms with E-state index in [0.29, 0.717) is 19.3 Å². The van der Waals surface area contributed by atoms with Gasteiger partial charge in [-0.25, -0.2) is 0 Å². The highest BCUT2D eigenvalue weighted by atomic mass is 16.6. The van der Waals surface area contributed by atoms with Crippen LogP contribution in [0.5, 0.6) is 0 Å². The maximum atomic E-state index is 12.9. The molecule has 0 saturated heterocycles. The van der Waals surface area contributed by atoms with Crippen LogP contribution in [-0.4, -0.2) is 37.2 Å². The monoisotopic (exact) mass is 1170 g/mol. The minimum Gasteiger partial charge on any atom is -0.462 e. The molecule has 1 atom stereocenters. The lowest BCUT2D eigenvalue weighted by atomic mass is 10.0. The summed E-state index contributed by atoms with van der Waals surface area (Å²) >= 11 is 0. The van der Waals surface area contributed by atoms with E-state index in [-0.39, 0.29) is 31.1 Å². The van der Waals surface area contributed by atoms with E-state index in [2.05, 4.69) is 20.8 Å². The quantitative estimate of drug-likeness (QED) is 0.0343. The van der Waals surface area contributed by atoms with Crippen LogP contribution in [0.25, 0.3) is 0 Å². The zero-order valence-electron chi connectivity index (χ0n) is 57.0. The Balaban J connectivity index is 4.00. The van der Waals surface area contributed by atoms with Gasteiger partial charge >= 0.3 is 17.9 Å². The standard InChI is InChI=1S/C77H150O6/c1-4-7-10-13-16-19-22-24-26-28-30-32-33-34-35-36-37-38-39-40-41-42-43-44-46-47-49-51-53-55-58-61-64-67-70-76(79)82-73-74(72-81-75(78)69-66-63-60-57-21-18-15-12-9-6-3)83-77(80)71-68-65-62-59-56-54-52-50-48-45-31-29-27-25-23-20-17-14-11-8-5-2/h74H,4-73H2,1-3H3. The van der Waals surface area contributed by atoms with Crippen molar-refractivity contribution in [2.45, 2.75) is 463 Å². The molecule has 0 amide bonds. The van der Waals surface area contributed by atoms with E-state index in [4.69, 9.17) is 14.2 Å². The van der Waals surface area contributed by atoms with Gasteiger partial charge in [-0.05, 0) is 19.3 Å². The highest BCUT2D eigenvalue weighted by Crippen LogP contribution is 2.20. The van der Waals surface area contributed by atoms with Gasteiger partial charge in [-0.15, -0.1) is 0 Å². The van der Waals surface area contributed by atoms with E-state index < -0.39 is 6.10 Å². The van der Waals surface area contributed by atoms with Crippen molar-refractivity contribution in [2.24, 2.45) is 0 Å². The number of rotatable bonds is 73. The second kappa shape index (κ2) is 72.9. The molecule has 0 N–H and O–H groups in total. The number of esters is 3. The molecule has 0 aliphatic carbocycles. The van der Waals surface area contributed by atoms with E-state index in [1.807, 2.05) is 0 Å². The van der Waals surface area contributed by atoms with Gasteiger partial charge in [0.25, 0.3) is 0 Å². The Kier molecular flexibility index (Phi) is 71.5. The predicted molar refractivity (Wildman–Crippen MR) is 363 cm³/mol. The van der Waals surface area contributed by atoms with E-state index in [1.54, 1.807) is 0 Å². The van der Waals surface area contributed by atoms with Crippen LogP contribution in [0, 0.1) is 0 Å². The van der Waals surface area contributed by atoms with Crippen LogP contribution >= 0.6 is 0 Å². The summed E-state index contributed by atoms with van der Waals surface area (Å²) < 4.78 is 17.0. The van der Waals surface area contributed by atoms with Crippen LogP contribution in [0.2, 0.25) is 0 Å². The molecule has 83 heavy (non-hydrogen) atoms. The summed E-state index contributed by atoms with van der Waals surface area (Å²) in [6.45, 7) is 6.73. The van der Waals surface area contributed by atoms with Gasteiger partial charge in [0.05, 0.1) is 0 Å². The van der Waals surface area contributed by atoms with E-state index >= 15 is 0 Å². The van der Waals surface area contributed by atoms with Gasteiger partial charge in [0, 0.05) is 19.3 Å². The number of unbranched alkanes of at least 4 members (excludes halogenated alkanes) is 62. The van der Waals surface area contributed by atoms with Gasteiger partial charge in [-0.3, -0.25) is 14.4 Å². The van der Waals surface area contributed by atoms with Gasteiger partial charge in [-0.1, -0.05) is 419 Å². The molecule has 0 fully saturated rings. The fourth-order valence-corrected chi connectivity index (χ4v) is 12.3. The molecule has 494 valence electrons. The number of hydrogen-bond acceptors (Lipinski definition) is 6. The number of ether oxygens (including phenoxy) is 3. The Labute approximate surface area is 520 Å². The molecule has 0 aliphatic rings. The van der Waals surface area contributed by atoms with Gasteiger partial charge in [-0.2, -0.15) is 0 Å². The molecule has 0 aromatic heterocycles. The smallest absolute Gasteiger partial charge is 0.306 e. The Morgan fingerprint density at radius 2 is 0.325 bits per heavy atom. The Morgan fingerprint density at radius 1 is 0.193 bits per heavy atom. The molecule has 0 rings (SSSR count). The molecule has 0 aromatic carbocycles. The van der Waals surface area contributed by atoms with Gasteiger partial charge in [0.2, 0.25) is 0 Å². The zero-order valence-corrected chi connectivity index (χ0v) is 57.0. The summed E-state index contributed by atoms with van der Waals surface area (Å²) in [6.07, 6.45) is 87.6. The Hall–Kier alpha value is -1.59. The highest BCUT2D eigenvalue weighted by Gasteiger charge is 2.20.